The van der Waals surface area contributed by atoms with Crippen molar-refractivity contribution < 1.29 is 27.6 Å². The summed E-state index contributed by atoms with van der Waals surface area (Å²) in [5, 5.41) is 0. The molecule has 0 aliphatic heterocycles. The molecule has 0 saturated heterocycles. The Morgan fingerprint density at radius 2 is 2.13 bits per heavy atom. The van der Waals surface area contributed by atoms with Gasteiger partial charge in [0.15, 0.2) is 0 Å². The van der Waals surface area contributed by atoms with Crippen LogP contribution in [-0.4, -0.2) is 34.6 Å². The fraction of sp³-hybridized carbons (Fsp3) is 0.238. The SMILES string of the molecule is [2H]C([2H])([2H])[C@H](ONC(=O)c1cncc(-c2ccc(OCC)nc2)n1)c1cc(OC)ccc1F. The topological polar surface area (TPSA) is 95.5 Å². The van der Waals surface area contributed by atoms with Gasteiger partial charge >= 0.3 is 0 Å². The van der Waals surface area contributed by atoms with Crippen molar-refractivity contribution in [2.75, 3.05) is 13.7 Å². The second kappa shape index (κ2) is 9.75. The second-order valence-electron chi connectivity index (χ2n) is 5.92. The third-order valence-electron chi connectivity index (χ3n) is 3.95. The lowest BCUT2D eigenvalue weighted by Gasteiger charge is -2.15. The van der Waals surface area contributed by atoms with E-state index in [0.717, 1.165) is 6.07 Å². The number of nitrogens with one attached hydrogen (secondary N) is 1. The predicted molar refractivity (Wildman–Crippen MR) is 106 cm³/mol. The third-order valence-corrected chi connectivity index (χ3v) is 3.95. The van der Waals surface area contributed by atoms with E-state index < -0.39 is 24.7 Å². The van der Waals surface area contributed by atoms with Crippen molar-refractivity contribution in [1.29, 1.82) is 0 Å². The van der Waals surface area contributed by atoms with E-state index in [0.29, 0.717) is 23.7 Å². The Hall–Kier alpha value is -3.59. The normalized spacial score (nSPS) is 13.5. The van der Waals surface area contributed by atoms with Gasteiger partial charge in [0.05, 0.1) is 31.8 Å². The number of nitrogens with zero attached hydrogens (tertiary/aromatic N) is 3. The molecule has 0 fully saturated rings. The van der Waals surface area contributed by atoms with Crippen molar-refractivity contribution >= 4 is 5.91 Å². The van der Waals surface area contributed by atoms with Crippen LogP contribution in [0.1, 0.15) is 40.0 Å². The maximum Gasteiger partial charge on any atom is 0.295 e. The molecule has 1 amide bonds. The summed E-state index contributed by atoms with van der Waals surface area (Å²) < 4.78 is 47.7. The summed E-state index contributed by atoms with van der Waals surface area (Å²) in [7, 11) is 1.36. The van der Waals surface area contributed by atoms with E-state index in [1.807, 2.05) is 12.4 Å². The van der Waals surface area contributed by atoms with Gasteiger partial charge in [-0.2, -0.15) is 0 Å². The summed E-state index contributed by atoms with van der Waals surface area (Å²) in [4.78, 5) is 30.0. The van der Waals surface area contributed by atoms with E-state index in [2.05, 4.69) is 15.0 Å². The van der Waals surface area contributed by atoms with Crippen molar-refractivity contribution in [3.05, 3.63) is 66.0 Å². The van der Waals surface area contributed by atoms with Gasteiger partial charge in [-0.1, -0.05) is 0 Å². The number of hydroxylamine groups is 1. The number of methoxy groups -OCH3 is 1. The molecule has 0 radical (unpaired) electrons. The van der Waals surface area contributed by atoms with Crippen LogP contribution in [0.2, 0.25) is 0 Å². The Bertz CT molecular complexity index is 1110. The molecule has 0 unspecified atom stereocenters. The van der Waals surface area contributed by atoms with Crippen molar-refractivity contribution in [3.63, 3.8) is 0 Å². The number of carbonyl (C=O) groups is 1. The van der Waals surface area contributed by atoms with Crippen molar-refractivity contribution in [2.45, 2.75) is 19.9 Å². The van der Waals surface area contributed by atoms with Gasteiger partial charge in [0.1, 0.15) is 23.4 Å². The first kappa shape index (κ1) is 17.3. The number of aromatic nitrogens is 3. The summed E-state index contributed by atoms with van der Waals surface area (Å²) in [6.07, 6.45) is 2.35. The first-order valence-electron chi connectivity index (χ1n) is 10.4. The Kier molecular flexibility index (Phi) is 5.62. The highest BCUT2D eigenvalue weighted by molar-refractivity contribution is 5.91. The van der Waals surface area contributed by atoms with E-state index in [1.54, 1.807) is 12.1 Å². The van der Waals surface area contributed by atoms with Crippen LogP contribution in [0.15, 0.2) is 48.9 Å². The van der Waals surface area contributed by atoms with Crippen LogP contribution >= 0.6 is 0 Å². The fourth-order valence-electron chi connectivity index (χ4n) is 2.46. The molecular formula is C21H21FN4O4. The largest absolute Gasteiger partial charge is 0.497 e. The number of rotatable bonds is 8. The van der Waals surface area contributed by atoms with Gasteiger partial charge in [0.2, 0.25) is 5.88 Å². The number of ether oxygens (including phenoxy) is 2. The molecule has 2 aromatic heterocycles. The lowest BCUT2D eigenvalue weighted by molar-refractivity contribution is -0.0107. The van der Waals surface area contributed by atoms with Crippen LogP contribution < -0.4 is 15.0 Å². The number of hydrogen-bond donors (Lipinski definition) is 1. The number of amides is 1. The molecular weight excluding hydrogens is 391 g/mol. The van der Waals surface area contributed by atoms with Crippen LogP contribution in [0, 0.1) is 5.82 Å². The molecule has 0 aliphatic rings. The van der Waals surface area contributed by atoms with Crippen molar-refractivity contribution in [1.82, 2.24) is 20.4 Å². The van der Waals surface area contributed by atoms with Crippen LogP contribution in [0.3, 0.4) is 0 Å². The molecule has 0 saturated carbocycles. The monoisotopic (exact) mass is 415 g/mol. The molecule has 30 heavy (non-hydrogen) atoms. The summed E-state index contributed by atoms with van der Waals surface area (Å²) in [5.74, 6) is -1.01. The van der Waals surface area contributed by atoms with Crippen LogP contribution in [0.4, 0.5) is 4.39 Å². The smallest absolute Gasteiger partial charge is 0.295 e. The minimum absolute atomic E-state index is 0.142. The number of hydrogen-bond acceptors (Lipinski definition) is 7. The molecule has 3 aromatic rings. The molecule has 1 N–H and O–H groups in total. The Morgan fingerprint density at radius 1 is 1.27 bits per heavy atom. The zero-order valence-electron chi connectivity index (χ0n) is 19.3. The number of benzene rings is 1. The molecule has 1 atom stereocenters. The second-order valence-corrected chi connectivity index (χ2v) is 5.92. The molecule has 0 bridgehead atoms. The minimum atomic E-state index is -2.79. The minimum Gasteiger partial charge on any atom is -0.497 e. The summed E-state index contributed by atoms with van der Waals surface area (Å²) in [6.45, 7) is -0.481. The van der Waals surface area contributed by atoms with Crippen LogP contribution in [-0.2, 0) is 4.84 Å². The average Bonchev–Trinajstić information content (AvgIpc) is 2.80. The quantitative estimate of drug-likeness (QED) is 0.563. The lowest BCUT2D eigenvalue weighted by atomic mass is 10.1. The number of halogens is 1. The molecule has 0 spiro atoms. The van der Waals surface area contributed by atoms with Crippen molar-refractivity contribution in [2.24, 2.45) is 0 Å². The zero-order chi connectivity index (χ0) is 24.0. The summed E-state index contributed by atoms with van der Waals surface area (Å²) in [5.41, 5.74) is 2.53. The van der Waals surface area contributed by atoms with Gasteiger partial charge in [-0.3, -0.25) is 14.6 Å². The van der Waals surface area contributed by atoms with Gasteiger partial charge < -0.3 is 9.47 Å². The molecule has 9 heteroatoms. The molecule has 0 aliphatic carbocycles. The van der Waals surface area contributed by atoms with E-state index in [9.17, 15) is 9.18 Å². The average molecular weight is 415 g/mol. The van der Waals surface area contributed by atoms with Gasteiger partial charge in [-0.25, -0.2) is 19.8 Å². The maximum atomic E-state index is 14.3. The van der Waals surface area contributed by atoms with E-state index >= 15 is 0 Å². The highest BCUT2D eigenvalue weighted by Crippen LogP contribution is 2.24. The maximum absolute atomic E-state index is 14.3. The molecule has 1 aromatic carbocycles. The first-order valence-corrected chi connectivity index (χ1v) is 8.93. The lowest BCUT2D eigenvalue weighted by Crippen LogP contribution is -2.26. The van der Waals surface area contributed by atoms with Crippen LogP contribution in [0.5, 0.6) is 11.6 Å². The Balaban J connectivity index is 1.78. The highest BCUT2D eigenvalue weighted by Gasteiger charge is 2.16. The Morgan fingerprint density at radius 3 is 2.83 bits per heavy atom. The van der Waals surface area contributed by atoms with Gasteiger partial charge in [-0.05, 0) is 38.0 Å². The van der Waals surface area contributed by atoms with E-state index in [1.165, 1.54) is 37.8 Å². The fourth-order valence-corrected chi connectivity index (χ4v) is 2.46. The summed E-state index contributed by atoms with van der Waals surface area (Å²) in [6, 6.07) is 6.94. The van der Waals surface area contributed by atoms with Crippen LogP contribution in [0.25, 0.3) is 11.3 Å². The van der Waals surface area contributed by atoms with E-state index in [-0.39, 0.29) is 17.0 Å². The molecule has 8 nitrogen and oxygen atoms in total. The third kappa shape index (κ3) is 5.06. The zero-order valence-corrected chi connectivity index (χ0v) is 16.3. The Labute approximate surface area is 177 Å². The molecule has 2 heterocycles. The number of carbonyl (C=O) groups excluding carboxylic acids is 1. The standard InChI is InChI=1S/C21H21FN4O4/c1-4-29-20-8-5-14(10-24-20)18-11-23-12-19(25-18)21(27)26-30-13(2)16-9-15(28-3)6-7-17(16)22/h5-13H,4H2,1-3H3,(H,26,27)/t13-/m0/s1/i2D3. The molecule has 3 rings (SSSR count). The first-order chi connectivity index (χ1) is 15.7. The van der Waals surface area contributed by atoms with E-state index in [4.69, 9.17) is 18.4 Å². The van der Waals surface area contributed by atoms with Gasteiger partial charge in [0, 0.05) is 27.5 Å². The van der Waals surface area contributed by atoms with Crippen molar-refractivity contribution in [3.8, 4) is 22.9 Å². The highest BCUT2D eigenvalue weighted by atomic mass is 19.1. The van der Waals surface area contributed by atoms with Gasteiger partial charge in [-0.15, -0.1) is 0 Å². The predicted octanol–water partition coefficient (Wildman–Crippen LogP) is 3.51. The van der Waals surface area contributed by atoms with Gasteiger partial charge in [0.25, 0.3) is 5.91 Å². The summed E-state index contributed by atoms with van der Waals surface area (Å²) >= 11 is 0. The molecule has 156 valence electrons. The number of pyridine rings is 1.